The van der Waals surface area contributed by atoms with Gasteiger partial charge in [0, 0.05) is 5.69 Å². The van der Waals surface area contributed by atoms with E-state index < -0.39 is 48.3 Å². The van der Waals surface area contributed by atoms with Gasteiger partial charge < -0.3 is 41.0 Å². The van der Waals surface area contributed by atoms with Crippen molar-refractivity contribution in [2.24, 2.45) is 5.73 Å². The summed E-state index contributed by atoms with van der Waals surface area (Å²) in [5, 5.41) is 41.1. The van der Waals surface area contributed by atoms with Crippen LogP contribution in [0.3, 0.4) is 0 Å². The molecule has 1 fully saturated rings. The number of carbonyl (C=O) groups excluding carboxylic acids is 1. The number of benzene rings is 1. The van der Waals surface area contributed by atoms with Crippen LogP contribution in [-0.4, -0.2) is 63.1 Å². The largest absolute Gasteiger partial charge is 0.479 e. The molecule has 0 saturated carbocycles. The lowest BCUT2D eigenvalue weighted by atomic mass is 9.96. The lowest BCUT2D eigenvalue weighted by molar-refractivity contribution is -0.318. The number of aliphatic carboxylic acids is 1. The number of ether oxygens (including phenoxy) is 2. The summed E-state index contributed by atoms with van der Waals surface area (Å²) in [5.41, 5.74) is 5.07. The monoisotopic (exact) mass is 370 g/mol. The van der Waals surface area contributed by atoms with Gasteiger partial charge in [-0.3, -0.25) is 0 Å². The van der Waals surface area contributed by atoms with Crippen molar-refractivity contribution in [3.05, 3.63) is 29.8 Å². The number of hydrogen-bond acceptors (Lipinski definition) is 7. The van der Waals surface area contributed by atoms with Crippen molar-refractivity contribution in [1.29, 1.82) is 0 Å². The molecule has 2 unspecified atom stereocenters. The second kappa shape index (κ2) is 7.56. The molecule has 10 nitrogen and oxygen atoms in total. The molecule has 2 amide bonds. The Morgan fingerprint density at radius 2 is 1.69 bits per heavy atom. The number of primary amides is 1. The maximum atomic E-state index is 11.1. The first kappa shape index (κ1) is 20.1. The van der Waals surface area contributed by atoms with E-state index in [4.69, 9.17) is 20.3 Å². The zero-order valence-electron chi connectivity index (χ0n) is 14.2. The number of hydrogen-bond donors (Lipinski definition) is 6. The van der Waals surface area contributed by atoms with Gasteiger partial charge in [0.1, 0.15) is 18.3 Å². The number of rotatable bonds is 5. The average Bonchev–Trinajstić information content (AvgIpc) is 2.55. The van der Waals surface area contributed by atoms with E-state index in [1.807, 2.05) is 0 Å². The molecule has 5 atom stereocenters. The first-order chi connectivity index (χ1) is 12.0. The van der Waals surface area contributed by atoms with E-state index in [0.29, 0.717) is 11.3 Å². The lowest BCUT2D eigenvalue weighted by Crippen LogP contribution is -2.61. The summed E-state index contributed by atoms with van der Waals surface area (Å²) in [5.74, 6) is -1.49. The van der Waals surface area contributed by atoms with Crippen LogP contribution in [-0.2, 0) is 19.9 Å². The Labute approximate surface area is 149 Å². The number of carbonyl (C=O) groups is 2. The van der Waals surface area contributed by atoms with Crippen LogP contribution < -0.4 is 11.1 Å². The topological polar surface area (TPSA) is 172 Å². The molecular weight excluding hydrogens is 348 g/mol. The van der Waals surface area contributed by atoms with Gasteiger partial charge in [-0.05, 0) is 31.5 Å². The number of carboxylic acid groups (broad SMARTS) is 1. The van der Waals surface area contributed by atoms with Crippen molar-refractivity contribution in [2.45, 2.75) is 50.2 Å². The number of amides is 2. The van der Waals surface area contributed by atoms with Crippen LogP contribution in [0.1, 0.15) is 19.4 Å². The quantitative estimate of drug-likeness (QED) is 0.396. The molecule has 0 spiro atoms. The maximum absolute atomic E-state index is 11.1. The third-order valence-corrected chi connectivity index (χ3v) is 4.07. The Kier molecular flexibility index (Phi) is 5.84. The van der Waals surface area contributed by atoms with Crippen LogP contribution in [0.15, 0.2) is 24.3 Å². The Hall–Kier alpha value is -2.24. The van der Waals surface area contributed by atoms with E-state index in [9.17, 15) is 24.9 Å². The molecule has 7 N–H and O–H groups in total. The number of nitrogens with one attached hydrogen (secondary N) is 1. The fraction of sp³-hybridized carbons (Fsp3) is 0.500. The summed E-state index contributed by atoms with van der Waals surface area (Å²) in [4.78, 5) is 22.0. The Bertz CT molecular complexity index is 663. The molecular formula is C16H22N2O8. The molecule has 1 saturated heterocycles. The average molecular weight is 370 g/mol. The van der Waals surface area contributed by atoms with Crippen molar-refractivity contribution >= 4 is 17.7 Å². The Morgan fingerprint density at radius 1 is 1.12 bits per heavy atom. The summed E-state index contributed by atoms with van der Waals surface area (Å²) in [6.07, 6.45) is -8.39. The molecule has 0 radical (unpaired) electrons. The second-order valence-corrected chi connectivity index (χ2v) is 6.43. The second-order valence-electron chi connectivity index (χ2n) is 6.43. The fourth-order valence-corrected chi connectivity index (χ4v) is 2.60. The van der Waals surface area contributed by atoms with Crippen LogP contribution in [0, 0.1) is 0 Å². The van der Waals surface area contributed by atoms with Crippen molar-refractivity contribution in [2.75, 3.05) is 5.32 Å². The molecule has 0 aromatic heterocycles. The normalized spacial score (nSPS) is 29.2. The highest BCUT2D eigenvalue weighted by Crippen LogP contribution is 2.32. The molecule has 1 aliphatic rings. The van der Waals surface area contributed by atoms with Gasteiger partial charge in [-0.2, -0.15) is 0 Å². The highest BCUT2D eigenvalue weighted by atomic mass is 16.7. The summed E-state index contributed by atoms with van der Waals surface area (Å²) >= 11 is 0. The summed E-state index contributed by atoms with van der Waals surface area (Å²) in [6.45, 7) is 3.29. The third kappa shape index (κ3) is 4.29. The predicted octanol–water partition coefficient (Wildman–Crippen LogP) is -0.679. The fourth-order valence-electron chi connectivity index (χ4n) is 2.60. The predicted molar refractivity (Wildman–Crippen MR) is 88.1 cm³/mol. The van der Waals surface area contributed by atoms with Crippen LogP contribution in [0.25, 0.3) is 0 Å². The van der Waals surface area contributed by atoms with E-state index in [1.54, 1.807) is 38.1 Å². The zero-order valence-corrected chi connectivity index (χ0v) is 14.2. The number of aliphatic hydroxyl groups is 3. The minimum Gasteiger partial charge on any atom is -0.479 e. The summed E-state index contributed by atoms with van der Waals surface area (Å²) in [7, 11) is 0. The number of carboxylic acids is 1. The molecule has 1 heterocycles. The third-order valence-electron chi connectivity index (χ3n) is 4.07. The zero-order chi connectivity index (χ0) is 19.6. The van der Waals surface area contributed by atoms with Gasteiger partial charge in [0.25, 0.3) is 0 Å². The van der Waals surface area contributed by atoms with Crippen LogP contribution >= 0.6 is 0 Å². The molecule has 0 bridgehead atoms. The van der Waals surface area contributed by atoms with Crippen molar-refractivity contribution in [3.8, 4) is 0 Å². The SMILES string of the molecule is CC(C)(O[C@@H]1OC(C(=O)O)[C@@H](O)[C@@H](O)C1O)c1ccc(NC(N)=O)cc1. The number of anilines is 1. The number of aliphatic hydroxyl groups excluding tert-OH is 3. The standard InChI is InChI=1S/C16H22N2O8/c1-16(2,7-3-5-8(6-4-7)18-15(17)24)26-14-11(21)9(19)10(20)12(25-14)13(22)23/h3-6,9-12,14,19-21H,1-2H3,(H,22,23)(H3,17,18,24)/t9-,10+,11?,12?,14+/m1/s1. The van der Waals surface area contributed by atoms with Gasteiger partial charge in [-0.25, -0.2) is 9.59 Å². The van der Waals surface area contributed by atoms with Gasteiger partial charge in [0.2, 0.25) is 0 Å². The number of urea groups is 1. The van der Waals surface area contributed by atoms with Gasteiger partial charge in [0.15, 0.2) is 12.4 Å². The van der Waals surface area contributed by atoms with Gasteiger partial charge in [-0.15, -0.1) is 0 Å². The molecule has 144 valence electrons. The molecule has 10 heteroatoms. The van der Waals surface area contributed by atoms with Crippen LogP contribution in [0.2, 0.25) is 0 Å². The van der Waals surface area contributed by atoms with Crippen LogP contribution in [0.5, 0.6) is 0 Å². The Morgan fingerprint density at radius 3 is 2.19 bits per heavy atom. The first-order valence-electron chi connectivity index (χ1n) is 7.80. The van der Waals surface area contributed by atoms with Crippen LogP contribution in [0.4, 0.5) is 10.5 Å². The van der Waals surface area contributed by atoms with Crippen molar-refractivity contribution in [1.82, 2.24) is 0 Å². The summed E-state index contributed by atoms with van der Waals surface area (Å²) < 4.78 is 10.8. The highest BCUT2D eigenvalue weighted by Gasteiger charge is 2.48. The molecule has 1 aromatic carbocycles. The molecule has 1 aliphatic heterocycles. The first-order valence-corrected chi connectivity index (χ1v) is 7.80. The van der Waals surface area contributed by atoms with Gasteiger partial charge in [-0.1, -0.05) is 12.1 Å². The number of nitrogens with two attached hydrogens (primary N) is 1. The maximum Gasteiger partial charge on any atom is 0.335 e. The molecule has 0 aliphatic carbocycles. The van der Waals surface area contributed by atoms with E-state index in [-0.39, 0.29) is 0 Å². The van der Waals surface area contributed by atoms with Gasteiger partial charge in [0.05, 0.1) is 5.60 Å². The van der Waals surface area contributed by atoms with E-state index in [1.165, 1.54) is 0 Å². The molecule has 2 rings (SSSR count). The van der Waals surface area contributed by atoms with E-state index in [0.717, 1.165) is 0 Å². The molecule has 1 aromatic rings. The van der Waals surface area contributed by atoms with E-state index in [2.05, 4.69) is 5.32 Å². The van der Waals surface area contributed by atoms with E-state index >= 15 is 0 Å². The minimum atomic E-state index is -1.79. The van der Waals surface area contributed by atoms with Crippen molar-refractivity contribution < 1.29 is 39.5 Å². The summed E-state index contributed by atoms with van der Waals surface area (Å²) in [6, 6.07) is 5.74. The Balaban J connectivity index is 2.16. The smallest absolute Gasteiger partial charge is 0.335 e. The highest BCUT2D eigenvalue weighted by molar-refractivity contribution is 5.87. The lowest BCUT2D eigenvalue weighted by Gasteiger charge is -2.41. The van der Waals surface area contributed by atoms with Gasteiger partial charge >= 0.3 is 12.0 Å². The minimum absolute atomic E-state index is 0.468. The molecule has 26 heavy (non-hydrogen) atoms. The van der Waals surface area contributed by atoms with Crippen molar-refractivity contribution in [3.63, 3.8) is 0 Å².